The molecule has 34 heavy (non-hydrogen) atoms. The Kier molecular flexibility index (Phi) is 6.09. The third-order valence-electron chi connectivity index (χ3n) is 6.07. The first-order chi connectivity index (χ1) is 16.1. The van der Waals surface area contributed by atoms with Crippen molar-refractivity contribution in [3.63, 3.8) is 0 Å². The number of nitrogens with zero attached hydrogens (tertiary/aromatic N) is 4. The number of fused-ring (bicyclic) bond motifs is 1. The van der Waals surface area contributed by atoms with E-state index in [1.165, 1.54) is 16.7 Å². The summed E-state index contributed by atoms with van der Waals surface area (Å²) in [6, 6.07) is 3.53. The Hall–Kier alpha value is -3.80. The van der Waals surface area contributed by atoms with Crippen LogP contribution in [0.3, 0.4) is 0 Å². The number of aromatic nitrogens is 1. The van der Waals surface area contributed by atoms with Gasteiger partial charge in [0.2, 0.25) is 5.43 Å². The van der Waals surface area contributed by atoms with Crippen LogP contribution in [-0.2, 0) is 13.1 Å². The number of furan rings is 1. The maximum absolute atomic E-state index is 15.6. The summed E-state index contributed by atoms with van der Waals surface area (Å²) < 4.78 is 37.2. The Bertz CT molecular complexity index is 1350. The van der Waals surface area contributed by atoms with E-state index >= 15 is 8.78 Å². The van der Waals surface area contributed by atoms with E-state index in [4.69, 9.17) is 4.42 Å². The summed E-state index contributed by atoms with van der Waals surface area (Å²) >= 11 is 0. The van der Waals surface area contributed by atoms with Gasteiger partial charge in [-0.25, -0.2) is 13.6 Å². The molecule has 4 rings (SSSR count). The average Bonchev–Trinajstić information content (AvgIpc) is 3.25. The third-order valence-corrected chi connectivity index (χ3v) is 6.07. The molecule has 1 fully saturated rings. The summed E-state index contributed by atoms with van der Waals surface area (Å²) in [6.45, 7) is 4.93. The zero-order valence-corrected chi connectivity index (χ0v) is 18.5. The molecular weight excluding hydrogens is 454 g/mol. The van der Waals surface area contributed by atoms with E-state index in [1.807, 2.05) is 11.8 Å². The van der Waals surface area contributed by atoms with Crippen molar-refractivity contribution in [2.45, 2.75) is 33.0 Å². The second kappa shape index (κ2) is 8.86. The number of rotatable bonds is 6. The first-order valence-electron chi connectivity index (χ1n) is 10.6. The van der Waals surface area contributed by atoms with Crippen LogP contribution < -0.4 is 10.3 Å². The van der Waals surface area contributed by atoms with Gasteiger partial charge in [-0.05, 0) is 26.0 Å². The summed E-state index contributed by atoms with van der Waals surface area (Å²) in [7, 11) is 0. The SMILES string of the molecule is CCn1cc(C(=O)O)c(=O)c2cc(F)c(N3CCN(Cc4ccc([N+](=O)[O-])o4)C(C)C3)c(F)c21. The molecule has 3 heterocycles. The quantitative estimate of drug-likeness (QED) is 0.425. The van der Waals surface area contributed by atoms with Gasteiger partial charge in [0.15, 0.2) is 5.82 Å². The Morgan fingerprint density at radius 2 is 2.06 bits per heavy atom. The standard InChI is InChI=1S/C22H22F2N4O6/c1-3-25-11-15(22(30)31)21(29)14-8-16(23)20(18(24)19(14)25)27-7-6-26(12(2)9-27)10-13-4-5-17(34-13)28(32)33/h4-5,8,11-12H,3,6-7,9-10H2,1-2H3,(H,30,31). The minimum atomic E-state index is -1.47. The number of aryl methyl sites for hydroxylation is 1. The second-order valence-corrected chi connectivity index (χ2v) is 8.14. The lowest BCUT2D eigenvalue weighted by Gasteiger charge is -2.40. The first-order valence-corrected chi connectivity index (χ1v) is 10.6. The van der Waals surface area contributed by atoms with Crippen molar-refractivity contribution in [2.24, 2.45) is 0 Å². The van der Waals surface area contributed by atoms with Gasteiger partial charge in [-0.2, -0.15) is 0 Å². The summed E-state index contributed by atoms with van der Waals surface area (Å²) in [5.41, 5.74) is -1.92. The zero-order valence-electron chi connectivity index (χ0n) is 18.5. The summed E-state index contributed by atoms with van der Waals surface area (Å²) in [5, 5.41) is 19.8. The van der Waals surface area contributed by atoms with Crippen LogP contribution in [0.2, 0.25) is 0 Å². The van der Waals surface area contributed by atoms with Crippen LogP contribution in [0, 0.1) is 21.7 Å². The highest BCUT2D eigenvalue weighted by Crippen LogP contribution is 2.32. The normalized spacial score (nSPS) is 16.8. The fourth-order valence-corrected chi connectivity index (χ4v) is 4.35. The third kappa shape index (κ3) is 4.00. The van der Waals surface area contributed by atoms with Gasteiger partial charge in [0, 0.05) is 38.4 Å². The number of halogens is 2. The molecule has 2 aromatic heterocycles. The summed E-state index contributed by atoms with van der Waals surface area (Å²) in [5.74, 6) is -3.28. The fraction of sp³-hybridized carbons (Fsp3) is 0.364. The number of nitro groups is 1. The number of pyridine rings is 1. The van der Waals surface area contributed by atoms with Gasteiger partial charge in [0.1, 0.15) is 27.8 Å². The van der Waals surface area contributed by atoms with Crippen molar-refractivity contribution in [1.82, 2.24) is 9.47 Å². The van der Waals surface area contributed by atoms with E-state index in [0.717, 1.165) is 12.3 Å². The molecule has 1 saturated heterocycles. The van der Waals surface area contributed by atoms with Gasteiger partial charge >= 0.3 is 11.9 Å². The molecule has 10 nitrogen and oxygen atoms in total. The highest BCUT2D eigenvalue weighted by molar-refractivity contribution is 5.93. The van der Waals surface area contributed by atoms with Crippen LogP contribution in [0.1, 0.15) is 30.0 Å². The number of hydrogen-bond donors (Lipinski definition) is 1. The second-order valence-electron chi connectivity index (χ2n) is 8.14. The van der Waals surface area contributed by atoms with E-state index < -0.39 is 33.5 Å². The lowest BCUT2D eigenvalue weighted by molar-refractivity contribution is -0.402. The smallest absolute Gasteiger partial charge is 0.433 e. The van der Waals surface area contributed by atoms with Gasteiger partial charge in [-0.15, -0.1) is 0 Å². The Morgan fingerprint density at radius 3 is 2.65 bits per heavy atom. The lowest BCUT2D eigenvalue weighted by atomic mass is 10.1. The van der Waals surface area contributed by atoms with Crippen molar-refractivity contribution in [1.29, 1.82) is 0 Å². The largest absolute Gasteiger partial charge is 0.477 e. The van der Waals surface area contributed by atoms with E-state index in [-0.39, 0.29) is 48.2 Å². The number of anilines is 1. The number of hydrogen-bond acceptors (Lipinski definition) is 7. The fourth-order valence-electron chi connectivity index (χ4n) is 4.35. The predicted molar refractivity (Wildman–Crippen MR) is 118 cm³/mol. The van der Waals surface area contributed by atoms with Crippen LogP contribution in [-0.4, -0.2) is 51.1 Å². The number of benzene rings is 1. The Balaban J connectivity index is 1.65. The van der Waals surface area contributed by atoms with Crippen LogP contribution in [0.25, 0.3) is 10.9 Å². The highest BCUT2D eigenvalue weighted by atomic mass is 19.1. The number of carboxylic acid groups (broad SMARTS) is 1. The van der Waals surface area contributed by atoms with Crippen LogP contribution in [0.4, 0.5) is 20.4 Å². The Morgan fingerprint density at radius 1 is 1.32 bits per heavy atom. The lowest BCUT2D eigenvalue weighted by Crippen LogP contribution is -2.52. The molecular formula is C22H22F2N4O6. The monoisotopic (exact) mass is 476 g/mol. The van der Waals surface area contributed by atoms with E-state index in [1.54, 1.807) is 11.8 Å². The molecule has 1 aliphatic heterocycles. The van der Waals surface area contributed by atoms with Crippen molar-refractivity contribution in [3.05, 3.63) is 67.7 Å². The number of carboxylic acids is 1. The van der Waals surface area contributed by atoms with E-state index in [2.05, 4.69) is 0 Å². The molecule has 1 unspecified atom stereocenters. The summed E-state index contributed by atoms with van der Waals surface area (Å²) in [6.07, 6.45) is 1.07. The molecule has 1 N–H and O–H groups in total. The minimum absolute atomic E-state index is 0.146. The van der Waals surface area contributed by atoms with Crippen LogP contribution in [0.5, 0.6) is 0 Å². The zero-order chi connectivity index (χ0) is 24.7. The maximum atomic E-state index is 15.6. The van der Waals surface area contributed by atoms with Gasteiger partial charge in [-0.3, -0.25) is 19.8 Å². The van der Waals surface area contributed by atoms with Crippen molar-refractivity contribution in [2.75, 3.05) is 24.5 Å². The molecule has 0 aliphatic carbocycles. The first kappa shape index (κ1) is 23.4. The van der Waals surface area contributed by atoms with Gasteiger partial charge in [0.25, 0.3) is 0 Å². The number of carbonyl (C=O) groups is 1. The van der Waals surface area contributed by atoms with Gasteiger partial charge in [0.05, 0.1) is 23.5 Å². The highest BCUT2D eigenvalue weighted by Gasteiger charge is 2.30. The number of piperazine rings is 1. The molecule has 0 radical (unpaired) electrons. The predicted octanol–water partition coefficient (Wildman–Crippen LogP) is 3.21. The molecule has 1 aromatic carbocycles. The van der Waals surface area contributed by atoms with E-state index in [9.17, 15) is 24.8 Å². The van der Waals surface area contributed by atoms with E-state index in [0.29, 0.717) is 18.8 Å². The molecule has 0 bridgehead atoms. The molecule has 3 aromatic rings. The van der Waals surface area contributed by atoms with Gasteiger partial charge in [-0.1, -0.05) is 0 Å². The molecule has 0 amide bonds. The molecule has 1 atom stereocenters. The Labute approximate surface area is 191 Å². The van der Waals surface area contributed by atoms with Crippen molar-refractivity contribution in [3.8, 4) is 0 Å². The molecule has 0 spiro atoms. The topological polar surface area (TPSA) is 122 Å². The molecule has 0 saturated carbocycles. The molecule has 180 valence electrons. The summed E-state index contributed by atoms with van der Waals surface area (Å²) in [4.78, 5) is 37.7. The number of aromatic carboxylic acids is 1. The maximum Gasteiger partial charge on any atom is 0.433 e. The average molecular weight is 476 g/mol. The molecule has 1 aliphatic rings. The van der Waals surface area contributed by atoms with Crippen molar-refractivity contribution >= 4 is 28.4 Å². The van der Waals surface area contributed by atoms with Crippen LogP contribution in [0.15, 0.2) is 33.6 Å². The van der Waals surface area contributed by atoms with Gasteiger partial charge < -0.3 is 19.0 Å². The molecule has 12 heteroatoms. The van der Waals surface area contributed by atoms with Crippen molar-refractivity contribution < 1.29 is 28.0 Å². The van der Waals surface area contributed by atoms with Crippen LogP contribution >= 0.6 is 0 Å². The minimum Gasteiger partial charge on any atom is -0.477 e.